The maximum absolute atomic E-state index is 9.57. The zero-order valence-electron chi connectivity index (χ0n) is 7.29. The minimum atomic E-state index is -0.197. The van der Waals surface area contributed by atoms with E-state index < -0.39 is 0 Å². The summed E-state index contributed by atoms with van der Waals surface area (Å²) in [7, 11) is 1.75. The highest BCUT2D eigenvalue weighted by atomic mass is 127. The van der Waals surface area contributed by atoms with Crippen molar-refractivity contribution < 1.29 is 10.2 Å². The molecule has 1 aromatic carbocycles. The molecule has 0 saturated heterocycles. The molecule has 0 unspecified atom stereocenters. The number of nitrogens with one attached hydrogen (secondary N) is 1. The Morgan fingerprint density at radius 1 is 1.54 bits per heavy atom. The van der Waals surface area contributed by atoms with E-state index in [0.717, 1.165) is 9.13 Å². The molecule has 3 nitrogen and oxygen atoms in total. The molecule has 3 N–H and O–H groups in total. The number of likely N-dealkylation sites (N-methyl/N-ethyl adjacent to an activating group) is 1. The van der Waals surface area contributed by atoms with Gasteiger partial charge in [-0.1, -0.05) is 6.07 Å². The molecule has 0 bridgehead atoms. The van der Waals surface area contributed by atoms with E-state index in [2.05, 4.69) is 27.9 Å². The lowest BCUT2D eigenvalue weighted by molar-refractivity contribution is 0.248. The third-order valence-corrected chi connectivity index (χ3v) is 2.57. The van der Waals surface area contributed by atoms with Gasteiger partial charge in [-0.2, -0.15) is 0 Å². The van der Waals surface area contributed by atoms with Crippen molar-refractivity contribution in [2.75, 3.05) is 13.7 Å². The molecular weight excluding hydrogens is 281 g/mol. The molecule has 72 valence electrons. The number of phenols is 1. The Bertz CT molecular complexity index is 287. The first kappa shape index (κ1) is 10.7. The van der Waals surface area contributed by atoms with Crippen LogP contribution in [-0.4, -0.2) is 23.9 Å². The van der Waals surface area contributed by atoms with E-state index in [1.165, 1.54) is 0 Å². The van der Waals surface area contributed by atoms with E-state index in [1.54, 1.807) is 13.1 Å². The van der Waals surface area contributed by atoms with E-state index in [-0.39, 0.29) is 18.4 Å². The summed E-state index contributed by atoms with van der Waals surface area (Å²) >= 11 is 2.13. The first-order chi connectivity index (χ1) is 6.19. The highest BCUT2D eigenvalue weighted by Crippen LogP contribution is 2.25. The number of phenolic OH excluding ortho intramolecular Hbond substituents is 1. The predicted molar refractivity (Wildman–Crippen MR) is 59.7 cm³/mol. The lowest BCUT2D eigenvalue weighted by Gasteiger charge is -2.14. The highest BCUT2D eigenvalue weighted by Gasteiger charge is 2.11. The molecule has 0 saturated carbocycles. The van der Waals surface area contributed by atoms with Crippen molar-refractivity contribution in [2.24, 2.45) is 0 Å². The van der Waals surface area contributed by atoms with Gasteiger partial charge in [-0.05, 0) is 41.8 Å². The van der Waals surface area contributed by atoms with Crippen LogP contribution in [0.3, 0.4) is 0 Å². The van der Waals surface area contributed by atoms with Crippen molar-refractivity contribution in [1.82, 2.24) is 5.32 Å². The summed E-state index contributed by atoms with van der Waals surface area (Å²) in [6.07, 6.45) is 0. The molecule has 0 fully saturated rings. The molecule has 0 aliphatic rings. The number of aliphatic hydroxyl groups excluding tert-OH is 1. The number of rotatable bonds is 3. The molecule has 0 heterocycles. The molecule has 0 aliphatic carbocycles. The number of halogens is 1. The van der Waals surface area contributed by atoms with Crippen LogP contribution >= 0.6 is 22.6 Å². The van der Waals surface area contributed by atoms with Gasteiger partial charge in [-0.15, -0.1) is 0 Å². The van der Waals surface area contributed by atoms with Gasteiger partial charge in [0, 0.05) is 9.13 Å². The van der Waals surface area contributed by atoms with Gasteiger partial charge in [-0.3, -0.25) is 0 Å². The van der Waals surface area contributed by atoms with E-state index in [4.69, 9.17) is 5.11 Å². The number of hydrogen-bond donors (Lipinski definition) is 3. The monoisotopic (exact) mass is 293 g/mol. The van der Waals surface area contributed by atoms with Crippen LogP contribution in [0, 0.1) is 3.57 Å². The van der Waals surface area contributed by atoms with Crippen molar-refractivity contribution in [3.05, 3.63) is 27.3 Å². The Labute approximate surface area is 90.9 Å². The maximum Gasteiger partial charge on any atom is 0.121 e. The molecule has 0 radical (unpaired) electrons. The van der Waals surface area contributed by atoms with Crippen molar-refractivity contribution >= 4 is 22.6 Å². The van der Waals surface area contributed by atoms with Gasteiger partial charge < -0.3 is 15.5 Å². The van der Waals surface area contributed by atoms with Gasteiger partial charge in [0.25, 0.3) is 0 Å². The van der Waals surface area contributed by atoms with Crippen molar-refractivity contribution in [3.63, 3.8) is 0 Å². The molecule has 1 rings (SSSR count). The Balaban J connectivity index is 2.99. The fourth-order valence-electron chi connectivity index (χ4n) is 1.16. The van der Waals surface area contributed by atoms with Crippen molar-refractivity contribution in [2.45, 2.75) is 6.04 Å². The van der Waals surface area contributed by atoms with Crippen molar-refractivity contribution in [3.8, 4) is 5.75 Å². The fraction of sp³-hybridized carbons (Fsp3) is 0.333. The van der Waals surface area contributed by atoms with E-state index in [1.807, 2.05) is 12.1 Å². The Morgan fingerprint density at radius 2 is 2.23 bits per heavy atom. The zero-order valence-corrected chi connectivity index (χ0v) is 9.45. The van der Waals surface area contributed by atoms with Crippen LogP contribution in [0.15, 0.2) is 18.2 Å². The van der Waals surface area contributed by atoms with Crippen LogP contribution in [0.5, 0.6) is 5.75 Å². The normalized spacial score (nSPS) is 12.8. The largest absolute Gasteiger partial charge is 0.508 e. The van der Waals surface area contributed by atoms with E-state index in [0.29, 0.717) is 0 Å². The molecule has 0 aromatic heterocycles. The lowest BCUT2D eigenvalue weighted by atomic mass is 10.1. The van der Waals surface area contributed by atoms with Crippen molar-refractivity contribution in [1.29, 1.82) is 0 Å². The van der Waals surface area contributed by atoms with Gasteiger partial charge in [0.15, 0.2) is 0 Å². The molecule has 0 amide bonds. The summed E-state index contributed by atoms with van der Waals surface area (Å²) in [6, 6.07) is 5.19. The predicted octanol–water partition coefficient (Wildman–Crippen LogP) is 1.25. The Kier molecular flexibility index (Phi) is 3.95. The number of aliphatic hydroxyl groups is 1. The summed E-state index contributed by atoms with van der Waals surface area (Å²) in [5.74, 6) is 0.223. The molecule has 4 heteroatoms. The first-order valence-corrected chi connectivity index (χ1v) is 5.03. The molecule has 0 aliphatic heterocycles. The van der Waals surface area contributed by atoms with Gasteiger partial charge in [-0.25, -0.2) is 0 Å². The van der Waals surface area contributed by atoms with Crippen LogP contribution < -0.4 is 5.32 Å². The molecule has 13 heavy (non-hydrogen) atoms. The maximum atomic E-state index is 9.57. The lowest BCUT2D eigenvalue weighted by Crippen LogP contribution is -2.19. The second-order valence-electron chi connectivity index (χ2n) is 2.73. The second-order valence-corrected chi connectivity index (χ2v) is 3.97. The average Bonchev–Trinajstić information content (AvgIpc) is 2.10. The SMILES string of the molecule is CN[C@@H](CO)c1ccc(I)cc1O. The average molecular weight is 293 g/mol. The Hall–Kier alpha value is -0.330. The summed E-state index contributed by atoms with van der Waals surface area (Å²) in [6.45, 7) is -0.0232. The van der Waals surface area contributed by atoms with Gasteiger partial charge in [0.1, 0.15) is 5.75 Å². The minimum absolute atomic E-state index is 0.0232. The number of benzene rings is 1. The molecule has 1 atom stereocenters. The minimum Gasteiger partial charge on any atom is -0.508 e. The summed E-state index contributed by atoms with van der Waals surface area (Å²) in [4.78, 5) is 0. The summed E-state index contributed by atoms with van der Waals surface area (Å²) < 4.78 is 0.978. The van der Waals surface area contributed by atoms with Crippen LogP contribution in [0.25, 0.3) is 0 Å². The van der Waals surface area contributed by atoms with Crippen LogP contribution in [0.1, 0.15) is 11.6 Å². The van der Waals surface area contributed by atoms with E-state index >= 15 is 0 Å². The third-order valence-electron chi connectivity index (χ3n) is 1.90. The number of aromatic hydroxyl groups is 1. The quantitative estimate of drug-likeness (QED) is 0.735. The highest BCUT2D eigenvalue weighted by molar-refractivity contribution is 14.1. The van der Waals surface area contributed by atoms with E-state index in [9.17, 15) is 5.11 Å². The fourth-order valence-corrected chi connectivity index (χ4v) is 1.63. The second kappa shape index (κ2) is 4.78. The zero-order chi connectivity index (χ0) is 9.84. The third kappa shape index (κ3) is 2.55. The molecule has 1 aromatic rings. The molecular formula is C9H12INO2. The smallest absolute Gasteiger partial charge is 0.121 e. The summed E-state index contributed by atoms with van der Waals surface area (Å²) in [5, 5.41) is 21.5. The van der Waals surface area contributed by atoms with Gasteiger partial charge in [0.2, 0.25) is 0 Å². The standard InChI is InChI=1S/C9H12INO2/c1-11-8(5-12)7-3-2-6(10)4-9(7)13/h2-4,8,11-13H,5H2,1H3/t8-/m0/s1. The van der Waals surface area contributed by atoms with Crippen LogP contribution in [-0.2, 0) is 0 Å². The van der Waals surface area contributed by atoms with Crippen LogP contribution in [0.4, 0.5) is 0 Å². The topological polar surface area (TPSA) is 52.5 Å². The number of hydrogen-bond acceptors (Lipinski definition) is 3. The Morgan fingerprint density at radius 3 is 2.69 bits per heavy atom. The molecule has 0 spiro atoms. The summed E-state index contributed by atoms with van der Waals surface area (Å²) in [5.41, 5.74) is 0.727. The van der Waals surface area contributed by atoms with Crippen LogP contribution in [0.2, 0.25) is 0 Å². The first-order valence-electron chi connectivity index (χ1n) is 3.95. The van der Waals surface area contributed by atoms with Gasteiger partial charge in [0.05, 0.1) is 12.6 Å². The van der Waals surface area contributed by atoms with Gasteiger partial charge >= 0.3 is 0 Å².